The third kappa shape index (κ3) is 5.05. The summed E-state index contributed by atoms with van der Waals surface area (Å²) in [5.74, 6) is -0.617. The van der Waals surface area contributed by atoms with Crippen LogP contribution in [0.25, 0.3) is 0 Å². The van der Waals surface area contributed by atoms with E-state index in [0.717, 1.165) is 11.8 Å². The third-order valence-corrected chi connectivity index (χ3v) is 4.90. The van der Waals surface area contributed by atoms with E-state index in [1.807, 2.05) is 0 Å². The molecule has 3 rings (SSSR count). The second kappa shape index (κ2) is 8.19. The number of halogens is 1. The Morgan fingerprint density at radius 2 is 1.89 bits per heavy atom. The minimum absolute atomic E-state index is 0.0155. The number of hydrogen-bond acceptors (Lipinski definition) is 6. The van der Waals surface area contributed by atoms with Gasteiger partial charge in [-0.3, -0.25) is 19.7 Å². The zero-order valence-corrected chi connectivity index (χ0v) is 15.3. The quantitative estimate of drug-likeness (QED) is 0.584. The Hall–Kier alpha value is -2.91. The molecule has 8 nitrogen and oxygen atoms in total. The lowest BCUT2D eigenvalue weighted by molar-refractivity contribution is -0.384. The van der Waals surface area contributed by atoms with E-state index in [9.17, 15) is 19.7 Å². The van der Waals surface area contributed by atoms with Crippen molar-refractivity contribution in [3.8, 4) is 0 Å². The Balaban J connectivity index is 1.60. The number of thioether (sulfide) groups is 1. The second-order valence-corrected chi connectivity index (χ2v) is 7.17. The first-order chi connectivity index (χ1) is 12.9. The van der Waals surface area contributed by atoms with Crippen molar-refractivity contribution in [3.63, 3.8) is 0 Å². The Kier molecular flexibility index (Phi) is 5.72. The number of non-ortho nitro benzene ring substituents is 1. The SMILES string of the molecule is O=C(CC1SC(=Nc2ccc([N+](=O)[O-])cc2)NC1=O)Nc1ccc(Cl)cc1. The van der Waals surface area contributed by atoms with Crippen molar-refractivity contribution in [1.82, 2.24) is 5.32 Å². The molecule has 2 N–H and O–H groups in total. The van der Waals surface area contributed by atoms with Crippen LogP contribution in [0, 0.1) is 10.1 Å². The Morgan fingerprint density at radius 3 is 2.52 bits per heavy atom. The molecule has 1 fully saturated rings. The molecule has 27 heavy (non-hydrogen) atoms. The lowest BCUT2D eigenvalue weighted by atomic mass is 10.2. The van der Waals surface area contributed by atoms with Gasteiger partial charge in [0.1, 0.15) is 5.25 Å². The molecule has 0 saturated carbocycles. The van der Waals surface area contributed by atoms with Crippen LogP contribution in [0.2, 0.25) is 5.02 Å². The number of nitrogens with one attached hydrogen (secondary N) is 2. The minimum atomic E-state index is -0.603. The molecule has 138 valence electrons. The van der Waals surface area contributed by atoms with Gasteiger partial charge < -0.3 is 10.6 Å². The summed E-state index contributed by atoms with van der Waals surface area (Å²) >= 11 is 6.93. The molecule has 1 unspecified atom stereocenters. The number of nitrogens with zero attached hydrogens (tertiary/aromatic N) is 2. The zero-order valence-electron chi connectivity index (χ0n) is 13.7. The molecule has 2 aromatic rings. The van der Waals surface area contributed by atoms with Crippen LogP contribution in [0.5, 0.6) is 0 Å². The van der Waals surface area contributed by atoms with Gasteiger partial charge in [0, 0.05) is 29.3 Å². The average Bonchev–Trinajstić information content (AvgIpc) is 2.96. The van der Waals surface area contributed by atoms with Gasteiger partial charge in [-0.15, -0.1) is 0 Å². The van der Waals surface area contributed by atoms with Crippen molar-refractivity contribution >= 4 is 57.4 Å². The van der Waals surface area contributed by atoms with Crippen molar-refractivity contribution < 1.29 is 14.5 Å². The number of aliphatic imine (C=N–C) groups is 1. The van der Waals surface area contributed by atoms with Crippen LogP contribution in [0.1, 0.15) is 6.42 Å². The van der Waals surface area contributed by atoms with Crippen LogP contribution in [-0.2, 0) is 9.59 Å². The number of anilines is 1. The Morgan fingerprint density at radius 1 is 1.22 bits per heavy atom. The maximum atomic E-state index is 12.1. The van der Waals surface area contributed by atoms with Gasteiger partial charge in [-0.1, -0.05) is 23.4 Å². The van der Waals surface area contributed by atoms with Crippen molar-refractivity contribution in [3.05, 3.63) is 63.7 Å². The fourth-order valence-corrected chi connectivity index (χ4v) is 3.39. The molecule has 10 heteroatoms. The summed E-state index contributed by atoms with van der Waals surface area (Å²) in [6.07, 6.45) is -0.0155. The lowest BCUT2D eigenvalue weighted by Gasteiger charge is -2.07. The van der Waals surface area contributed by atoms with E-state index in [1.54, 1.807) is 24.3 Å². The van der Waals surface area contributed by atoms with E-state index in [0.29, 0.717) is 21.6 Å². The van der Waals surface area contributed by atoms with Crippen LogP contribution in [-0.4, -0.2) is 27.2 Å². The van der Waals surface area contributed by atoms with Crippen molar-refractivity contribution in [2.24, 2.45) is 4.99 Å². The highest BCUT2D eigenvalue weighted by atomic mass is 35.5. The van der Waals surface area contributed by atoms with Crippen LogP contribution < -0.4 is 10.6 Å². The fraction of sp³-hybridized carbons (Fsp3) is 0.118. The van der Waals surface area contributed by atoms with Crippen LogP contribution in [0.4, 0.5) is 17.1 Å². The minimum Gasteiger partial charge on any atom is -0.326 e. The molecule has 0 spiro atoms. The predicted molar refractivity (Wildman–Crippen MR) is 104 cm³/mol. The van der Waals surface area contributed by atoms with E-state index in [-0.39, 0.29) is 23.9 Å². The average molecular weight is 405 g/mol. The van der Waals surface area contributed by atoms with Gasteiger partial charge >= 0.3 is 0 Å². The van der Waals surface area contributed by atoms with Crippen LogP contribution in [0.15, 0.2) is 53.5 Å². The van der Waals surface area contributed by atoms with Crippen molar-refractivity contribution in [1.29, 1.82) is 0 Å². The number of benzene rings is 2. The molecule has 2 amide bonds. The Bertz CT molecular complexity index is 916. The first kappa shape index (κ1) is 18.9. The molecular weight excluding hydrogens is 392 g/mol. The monoisotopic (exact) mass is 404 g/mol. The molecule has 0 aromatic heterocycles. The van der Waals surface area contributed by atoms with Gasteiger partial charge in [-0.05, 0) is 36.4 Å². The Labute approximate surface area is 163 Å². The lowest BCUT2D eigenvalue weighted by Crippen LogP contribution is -2.28. The zero-order chi connectivity index (χ0) is 19.4. The molecule has 0 aliphatic carbocycles. The predicted octanol–water partition coefficient (Wildman–Crippen LogP) is 3.50. The summed E-state index contributed by atoms with van der Waals surface area (Å²) in [6.45, 7) is 0. The van der Waals surface area contributed by atoms with E-state index < -0.39 is 10.2 Å². The number of hydrogen-bond donors (Lipinski definition) is 2. The molecule has 1 aliphatic rings. The van der Waals surface area contributed by atoms with Gasteiger partial charge in [0.2, 0.25) is 11.8 Å². The van der Waals surface area contributed by atoms with E-state index >= 15 is 0 Å². The van der Waals surface area contributed by atoms with E-state index in [2.05, 4.69) is 15.6 Å². The fourth-order valence-electron chi connectivity index (χ4n) is 2.27. The van der Waals surface area contributed by atoms with Gasteiger partial charge in [0.25, 0.3) is 5.69 Å². The summed E-state index contributed by atoms with van der Waals surface area (Å²) in [6, 6.07) is 12.3. The third-order valence-electron chi connectivity index (χ3n) is 3.57. The van der Waals surface area contributed by atoms with Gasteiger partial charge in [-0.25, -0.2) is 4.99 Å². The molecule has 1 aliphatic heterocycles. The highest BCUT2D eigenvalue weighted by Crippen LogP contribution is 2.26. The molecule has 1 atom stereocenters. The summed E-state index contributed by atoms with van der Waals surface area (Å²) in [7, 11) is 0. The smallest absolute Gasteiger partial charge is 0.269 e. The molecule has 0 radical (unpaired) electrons. The van der Waals surface area contributed by atoms with Gasteiger partial charge in [0.15, 0.2) is 5.17 Å². The molecule has 0 bridgehead atoms. The summed E-state index contributed by atoms with van der Waals surface area (Å²) < 4.78 is 0. The number of amidine groups is 1. The topological polar surface area (TPSA) is 114 Å². The molecular formula is C17H13ClN4O4S. The first-order valence-corrected chi connectivity index (χ1v) is 9.02. The van der Waals surface area contributed by atoms with E-state index in [4.69, 9.17) is 11.6 Å². The number of amides is 2. The summed E-state index contributed by atoms with van der Waals surface area (Å²) in [5.41, 5.74) is 1.01. The van der Waals surface area contributed by atoms with Crippen molar-refractivity contribution in [2.45, 2.75) is 11.7 Å². The number of nitro benzene ring substituents is 1. The van der Waals surface area contributed by atoms with Crippen molar-refractivity contribution in [2.75, 3.05) is 5.32 Å². The highest BCUT2D eigenvalue weighted by Gasteiger charge is 2.32. The second-order valence-electron chi connectivity index (χ2n) is 5.55. The maximum Gasteiger partial charge on any atom is 0.269 e. The molecule has 2 aromatic carbocycles. The van der Waals surface area contributed by atoms with Crippen LogP contribution >= 0.6 is 23.4 Å². The highest BCUT2D eigenvalue weighted by molar-refractivity contribution is 8.15. The van der Waals surface area contributed by atoms with E-state index in [1.165, 1.54) is 24.3 Å². The number of carbonyl (C=O) groups excluding carboxylic acids is 2. The van der Waals surface area contributed by atoms with Crippen LogP contribution in [0.3, 0.4) is 0 Å². The molecule has 1 saturated heterocycles. The number of nitro groups is 1. The number of carbonyl (C=O) groups is 2. The summed E-state index contributed by atoms with van der Waals surface area (Å²) in [4.78, 5) is 38.6. The standard InChI is InChI=1S/C17H13ClN4O4S/c18-10-1-3-11(4-2-10)19-15(23)9-14-16(24)21-17(27-14)20-12-5-7-13(8-6-12)22(25)26/h1-8,14H,9H2,(H,19,23)(H,20,21,24). The summed E-state index contributed by atoms with van der Waals surface area (Å²) in [5, 5.41) is 16.3. The normalized spacial score (nSPS) is 17.6. The first-order valence-electron chi connectivity index (χ1n) is 7.77. The number of rotatable bonds is 5. The molecule has 1 heterocycles. The maximum absolute atomic E-state index is 12.1. The van der Waals surface area contributed by atoms with Gasteiger partial charge in [0.05, 0.1) is 10.6 Å². The van der Waals surface area contributed by atoms with Gasteiger partial charge in [-0.2, -0.15) is 0 Å². The largest absolute Gasteiger partial charge is 0.326 e.